The van der Waals surface area contributed by atoms with Crippen LogP contribution in [0.1, 0.15) is 40.5 Å². The minimum atomic E-state index is -0.551. The summed E-state index contributed by atoms with van der Waals surface area (Å²) in [6.07, 6.45) is -0.321. The molecule has 1 aromatic rings. The minimum Gasteiger partial charge on any atom is -0.479 e. The normalized spacial score (nSPS) is 16.0. The predicted octanol–water partition coefficient (Wildman–Crippen LogP) is 2.65. The Balaban J connectivity index is 1.76. The van der Waals surface area contributed by atoms with Crippen LogP contribution in [0, 0.1) is 0 Å². The zero-order valence-corrected chi connectivity index (χ0v) is 15.5. The van der Waals surface area contributed by atoms with E-state index in [2.05, 4.69) is 16.0 Å². The first-order valence-corrected chi connectivity index (χ1v) is 8.52. The predicted molar refractivity (Wildman–Crippen MR) is 97.3 cm³/mol. The Labute approximate surface area is 152 Å². The van der Waals surface area contributed by atoms with Gasteiger partial charge >= 0.3 is 6.09 Å². The van der Waals surface area contributed by atoms with E-state index in [0.29, 0.717) is 30.1 Å². The smallest absolute Gasteiger partial charge is 0.407 e. The molecule has 3 amide bonds. The molecule has 0 saturated heterocycles. The molecule has 0 unspecified atom stereocenters. The molecule has 1 atom stereocenters. The Morgan fingerprint density at radius 1 is 1.31 bits per heavy atom. The van der Waals surface area contributed by atoms with E-state index in [-0.39, 0.29) is 18.2 Å². The summed E-state index contributed by atoms with van der Waals surface area (Å²) in [6.45, 7) is 7.36. The van der Waals surface area contributed by atoms with Crippen LogP contribution in [0.15, 0.2) is 18.2 Å². The van der Waals surface area contributed by atoms with Gasteiger partial charge in [-0.1, -0.05) is 0 Å². The molecule has 0 aromatic heterocycles. The minimum absolute atomic E-state index is 0.188. The van der Waals surface area contributed by atoms with Crippen molar-refractivity contribution in [3.05, 3.63) is 18.2 Å². The van der Waals surface area contributed by atoms with Gasteiger partial charge in [0.2, 0.25) is 5.91 Å². The molecule has 1 aliphatic rings. The van der Waals surface area contributed by atoms with Gasteiger partial charge in [-0.05, 0) is 52.3 Å². The van der Waals surface area contributed by atoms with Gasteiger partial charge < -0.3 is 25.4 Å². The number of benzene rings is 1. The first-order valence-electron chi connectivity index (χ1n) is 8.52. The molecule has 1 aromatic carbocycles. The Kier molecular flexibility index (Phi) is 6.07. The molecule has 0 saturated carbocycles. The van der Waals surface area contributed by atoms with Crippen LogP contribution in [-0.2, 0) is 14.3 Å². The van der Waals surface area contributed by atoms with Crippen LogP contribution < -0.4 is 20.7 Å². The summed E-state index contributed by atoms with van der Waals surface area (Å²) in [5, 5.41) is 8.09. The zero-order valence-electron chi connectivity index (χ0n) is 15.5. The number of anilines is 2. The largest absolute Gasteiger partial charge is 0.479 e. The lowest BCUT2D eigenvalue weighted by Crippen LogP contribution is -2.34. The van der Waals surface area contributed by atoms with Crippen molar-refractivity contribution < 1.29 is 23.9 Å². The lowest BCUT2D eigenvalue weighted by molar-refractivity contribution is -0.122. The van der Waals surface area contributed by atoms with Crippen molar-refractivity contribution in [3.8, 4) is 5.75 Å². The molecule has 3 N–H and O–H groups in total. The first-order chi connectivity index (χ1) is 12.1. The summed E-state index contributed by atoms with van der Waals surface area (Å²) >= 11 is 0. The van der Waals surface area contributed by atoms with Crippen LogP contribution >= 0.6 is 0 Å². The van der Waals surface area contributed by atoms with E-state index in [1.54, 1.807) is 45.9 Å². The number of fused-ring (bicyclic) bond motifs is 1. The number of carbonyl (C=O) groups excluding carboxylic acids is 3. The molecule has 142 valence electrons. The highest BCUT2D eigenvalue weighted by molar-refractivity contribution is 5.99. The molecule has 0 fully saturated rings. The molecule has 1 heterocycles. The van der Waals surface area contributed by atoms with E-state index in [0.717, 1.165) is 0 Å². The summed E-state index contributed by atoms with van der Waals surface area (Å²) in [7, 11) is 0. The summed E-state index contributed by atoms with van der Waals surface area (Å²) in [5.41, 5.74) is 0.537. The van der Waals surface area contributed by atoms with E-state index in [4.69, 9.17) is 9.47 Å². The third-order valence-electron chi connectivity index (χ3n) is 3.44. The second-order valence-corrected chi connectivity index (χ2v) is 7.04. The van der Waals surface area contributed by atoms with Gasteiger partial charge in [0.05, 0.1) is 5.69 Å². The van der Waals surface area contributed by atoms with Crippen molar-refractivity contribution in [3.63, 3.8) is 0 Å². The summed E-state index contributed by atoms with van der Waals surface area (Å²) in [4.78, 5) is 35.1. The molecule has 8 heteroatoms. The SMILES string of the molecule is C[C@H]1Oc2ccc(NC(=O)CCCNC(=O)OC(C)(C)C)cc2NC1=O. The topological polar surface area (TPSA) is 106 Å². The number of alkyl carbamates (subject to hydrolysis) is 1. The Hall–Kier alpha value is -2.77. The third kappa shape index (κ3) is 5.94. The second kappa shape index (κ2) is 8.07. The van der Waals surface area contributed by atoms with E-state index in [1.165, 1.54) is 0 Å². The number of amides is 3. The maximum Gasteiger partial charge on any atom is 0.407 e. The lowest BCUT2D eigenvalue weighted by atomic mass is 10.2. The molecular formula is C18H25N3O5. The molecule has 8 nitrogen and oxygen atoms in total. The fourth-order valence-corrected chi connectivity index (χ4v) is 2.26. The van der Waals surface area contributed by atoms with Crippen LogP contribution in [0.2, 0.25) is 0 Å². The van der Waals surface area contributed by atoms with Crippen LogP contribution in [-0.4, -0.2) is 36.2 Å². The second-order valence-electron chi connectivity index (χ2n) is 7.04. The van der Waals surface area contributed by atoms with Gasteiger partial charge in [0, 0.05) is 18.7 Å². The monoisotopic (exact) mass is 363 g/mol. The number of carbonyl (C=O) groups is 3. The lowest BCUT2D eigenvalue weighted by Gasteiger charge is -2.23. The fourth-order valence-electron chi connectivity index (χ4n) is 2.26. The highest BCUT2D eigenvalue weighted by Crippen LogP contribution is 2.32. The van der Waals surface area contributed by atoms with Gasteiger partial charge in [0.1, 0.15) is 11.4 Å². The molecule has 26 heavy (non-hydrogen) atoms. The van der Waals surface area contributed by atoms with Gasteiger partial charge in [0.25, 0.3) is 5.91 Å². The van der Waals surface area contributed by atoms with Gasteiger partial charge in [-0.2, -0.15) is 0 Å². The number of nitrogens with one attached hydrogen (secondary N) is 3. The van der Waals surface area contributed by atoms with E-state index in [1.807, 2.05) is 0 Å². The maximum absolute atomic E-state index is 12.0. The number of hydrogen-bond donors (Lipinski definition) is 3. The van der Waals surface area contributed by atoms with Crippen molar-refractivity contribution in [1.82, 2.24) is 5.32 Å². The first kappa shape index (κ1) is 19.6. The quantitative estimate of drug-likeness (QED) is 0.698. The molecule has 0 aliphatic carbocycles. The number of hydrogen-bond acceptors (Lipinski definition) is 5. The Bertz CT molecular complexity index is 697. The number of ether oxygens (including phenoxy) is 2. The molecule has 0 radical (unpaired) electrons. The van der Waals surface area contributed by atoms with Crippen molar-refractivity contribution in [2.24, 2.45) is 0 Å². The van der Waals surface area contributed by atoms with Crippen LogP contribution in [0.25, 0.3) is 0 Å². The van der Waals surface area contributed by atoms with Crippen LogP contribution in [0.4, 0.5) is 16.2 Å². The zero-order chi connectivity index (χ0) is 19.3. The van der Waals surface area contributed by atoms with Crippen molar-refractivity contribution >= 4 is 29.3 Å². The molecule has 0 spiro atoms. The van der Waals surface area contributed by atoms with Crippen LogP contribution in [0.5, 0.6) is 5.75 Å². The van der Waals surface area contributed by atoms with Crippen molar-refractivity contribution in [2.75, 3.05) is 17.2 Å². The van der Waals surface area contributed by atoms with Crippen molar-refractivity contribution in [1.29, 1.82) is 0 Å². The Morgan fingerprint density at radius 3 is 2.73 bits per heavy atom. The molecule has 1 aliphatic heterocycles. The van der Waals surface area contributed by atoms with Crippen molar-refractivity contribution in [2.45, 2.75) is 52.2 Å². The third-order valence-corrected chi connectivity index (χ3v) is 3.44. The Morgan fingerprint density at radius 2 is 2.04 bits per heavy atom. The van der Waals surface area contributed by atoms with E-state index < -0.39 is 17.8 Å². The highest BCUT2D eigenvalue weighted by atomic mass is 16.6. The van der Waals surface area contributed by atoms with Gasteiger partial charge in [-0.15, -0.1) is 0 Å². The average Bonchev–Trinajstić information content (AvgIpc) is 2.51. The molecule has 2 rings (SSSR count). The van der Waals surface area contributed by atoms with E-state index >= 15 is 0 Å². The maximum atomic E-state index is 12.0. The van der Waals surface area contributed by atoms with E-state index in [9.17, 15) is 14.4 Å². The molecule has 0 bridgehead atoms. The standard InChI is InChI=1S/C18H25N3O5/c1-11-16(23)21-13-10-12(7-8-14(13)25-11)20-15(22)6-5-9-19-17(24)26-18(2,3)4/h7-8,10-11H,5-6,9H2,1-4H3,(H,19,24)(H,20,22)(H,21,23)/t11-/m1/s1. The molecular weight excluding hydrogens is 338 g/mol. The average molecular weight is 363 g/mol. The highest BCUT2D eigenvalue weighted by Gasteiger charge is 2.23. The van der Waals surface area contributed by atoms with Crippen LogP contribution in [0.3, 0.4) is 0 Å². The summed E-state index contributed by atoms with van der Waals surface area (Å²) in [6, 6.07) is 5.06. The fraction of sp³-hybridized carbons (Fsp3) is 0.500. The van der Waals surface area contributed by atoms with Gasteiger partial charge in [0.15, 0.2) is 6.10 Å². The van der Waals surface area contributed by atoms with Gasteiger partial charge in [-0.3, -0.25) is 9.59 Å². The summed E-state index contributed by atoms with van der Waals surface area (Å²) < 4.78 is 10.6. The number of rotatable bonds is 5. The van der Waals surface area contributed by atoms with Gasteiger partial charge in [-0.25, -0.2) is 4.79 Å². The summed E-state index contributed by atoms with van der Waals surface area (Å²) in [5.74, 6) is 0.151.